The van der Waals surface area contributed by atoms with Crippen LogP contribution in [0.15, 0.2) is 30.3 Å². The van der Waals surface area contributed by atoms with Crippen LogP contribution < -0.4 is 0 Å². The molecular formula is C28H34O4. The number of aromatic carboxylic acids is 1. The van der Waals surface area contributed by atoms with Crippen molar-refractivity contribution in [3.05, 3.63) is 69.3 Å². The zero-order chi connectivity index (χ0) is 23.8. The number of carbonyl (C=O) groups excluding carboxylic acids is 1. The van der Waals surface area contributed by atoms with Gasteiger partial charge in [0.25, 0.3) is 0 Å². The smallest absolute Gasteiger partial charge is 0.335 e. The molecule has 0 aliphatic heterocycles. The number of fused-ring (bicyclic) bond motifs is 1. The van der Waals surface area contributed by atoms with Gasteiger partial charge < -0.3 is 9.84 Å². The Bertz CT molecular complexity index is 1090. The number of rotatable bonds is 5. The Morgan fingerprint density at radius 2 is 1.78 bits per heavy atom. The van der Waals surface area contributed by atoms with Crippen LogP contribution in [-0.4, -0.2) is 23.1 Å². The molecule has 0 heterocycles. The Labute approximate surface area is 191 Å². The van der Waals surface area contributed by atoms with Crippen LogP contribution >= 0.6 is 0 Å². The first-order valence-electron chi connectivity index (χ1n) is 11.2. The average molecular weight is 435 g/mol. The third-order valence-electron chi connectivity index (χ3n) is 6.83. The fourth-order valence-electron chi connectivity index (χ4n) is 4.79. The summed E-state index contributed by atoms with van der Waals surface area (Å²) in [5.41, 5.74) is 6.59. The molecule has 0 bridgehead atoms. The van der Waals surface area contributed by atoms with Crippen LogP contribution in [0.1, 0.15) is 91.7 Å². The molecule has 0 aromatic heterocycles. The number of hydrogen-bond acceptors (Lipinski definition) is 3. The van der Waals surface area contributed by atoms with Crippen molar-refractivity contribution in [2.45, 2.75) is 78.2 Å². The second kappa shape index (κ2) is 8.57. The Morgan fingerprint density at radius 1 is 1.09 bits per heavy atom. The minimum Gasteiger partial charge on any atom is -0.478 e. The first kappa shape index (κ1) is 23.8. The molecule has 2 aromatic rings. The highest BCUT2D eigenvalue weighted by Gasteiger charge is 2.46. The second-order valence-corrected chi connectivity index (χ2v) is 10.1. The van der Waals surface area contributed by atoms with Crippen LogP contribution in [0, 0.1) is 6.92 Å². The van der Waals surface area contributed by atoms with Crippen molar-refractivity contribution in [3.8, 4) is 0 Å². The van der Waals surface area contributed by atoms with Gasteiger partial charge in [-0.15, -0.1) is 0 Å². The van der Waals surface area contributed by atoms with E-state index < -0.39 is 5.97 Å². The molecule has 4 heteroatoms. The average Bonchev–Trinajstić information content (AvgIpc) is 2.70. The molecule has 1 aliphatic rings. The summed E-state index contributed by atoms with van der Waals surface area (Å²) < 4.78 is 5.73. The molecule has 1 atom stereocenters. The summed E-state index contributed by atoms with van der Waals surface area (Å²) in [6.07, 6.45) is 5.43. The van der Waals surface area contributed by atoms with E-state index in [9.17, 15) is 14.7 Å². The van der Waals surface area contributed by atoms with Crippen molar-refractivity contribution >= 4 is 24.1 Å². The summed E-state index contributed by atoms with van der Waals surface area (Å²) in [5, 5.41) is 9.36. The molecule has 0 saturated heterocycles. The molecule has 1 aliphatic carbocycles. The van der Waals surface area contributed by atoms with E-state index in [1.165, 1.54) is 18.1 Å². The number of carbonyl (C=O) groups is 2. The van der Waals surface area contributed by atoms with Crippen molar-refractivity contribution < 1.29 is 19.4 Å². The van der Waals surface area contributed by atoms with Gasteiger partial charge in [-0.3, -0.25) is 4.79 Å². The molecule has 1 unspecified atom stereocenters. The maximum absolute atomic E-state index is 11.7. The lowest BCUT2D eigenvalue weighted by Crippen LogP contribution is -2.47. The van der Waals surface area contributed by atoms with E-state index in [1.807, 2.05) is 25.1 Å². The fraction of sp³-hybridized carbons (Fsp3) is 0.429. The summed E-state index contributed by atoms with van der Waals surface area (Å²) in [6.45, 7) is 14.3. The van der Waals surface area contributed by atoms with Gasteiger partial charge in [0.2, 0.25) is 0 Å². The summed E-state index contributed by atoms with van der Waals surface area (Å²) in [4.78, 5) is 23.1. The Morgan fingerprint density at radius 3 is 2.38 bits per heavy atom. The molecule has 1 N–H and O–H groups in total. The topological polar surface area (TPSA) is 63.6 Å². The number of ether oxygens (including phenoxy) is 1. The van der Waals surface area contributed by atoms with Crippen molar-refractivity contribution in [1.29, 1.82) is 0 Å². The second-order valence-electron chi connectivity index (χ2n) is 10.1. The largest absolute Gasteiger partial charge is 0.478 e. The zero-order valence-electron chi connectivity index (χ0n) is 20.2. The van der Waals surface area contributed by atoms with Gasteiger partial charge >= 0.3 is 11.9 Å². The van der Waals surface area contributed by atoms with Gasteiger partial charge in [0.15, 0.2) is 0 Å². The minimum atomic E-state index is -0.889. The third kappa shape index (κ3) is 4.50. The molecule has 0 saturated carbocycles. The van der Waals surface area contributed by atoms with Gasteiger partial charge in [-0.2, -0.15) is 0 Å². The van der Waals surface area contributed by atoms with Gasteiger partial charge in [0, 0.05) is 12.3 Å². The van der Waals surface area contributed by atoms with E-state index >= 15 is 0 Å². The van der Waals surface area contributed by atoms with E-state index in [2.05, 4.69) is 52.8 Å². The lowest BCUT2D eigenvalue weighted by atomic mass is 9.61. The van der Waals surface area contributed by atoms with Gasteiger partial charge in [-0.25, -0.2) is 4.79 Å². The zero-order valence-corrected chi connectivity index (χ0v) is 20.2. The minimum absolute atomic E-state index is 0.125. The molecule has 0 amide bonds. The van der Waals surface area contributed by atoms with Crippen LogP contribution in [0.4, 0.5) is 0 Å². The molecule has 3 rings (SSSR count). The summed E-state index contributed by atoms with van der Waals surface area (Å²) in [6, 6.07) is 9.98. The molecule has 4 nitrogen and oxygen atoms in total. The maximum atomic E-state index is 11.7. The first-order chi connectivity index (χ1) is 14.9. The third-order valence-corrected chi connectivity index (χ3v) is 6.83. The lowest BCUT2D eigenvalue weighted by molar-refractivity contribution is -0.151. The van der Waals surface area contributed by atoms with Crippen LogP contribution in [0.25, 0.3) is 12.2 Å². The fourth-order valence-corrected chi connectivity index (χ4v) is 4.79. The standard InChI is InChI=1S/C28H34O4/c1-8-20-14-19(10-12-22(20)26(30)31)9-11-21-15-23-24(13-17(21)2)28(6,7)25(32-18(3)29)16-27(23,4)5/h9-15,25H,8,16H2,1-7H3,(H,30,31)/b11-9+. The van der Waals surface area contributed by atoms with E-state index in [1.54, 1.807) is 6.07 Å². The number of hydrogen-bond donors (Lipinski definition) is 1. The quantitative estimate of drug-likeness (QED) is 0.442. The molecule has 0 fully saturated rings. The normalized spacial score (nSPS) is 18.9. The van der Waals surface area contributed by atoms with E-state index in [0.29, 0.717) is 12.0 Å². The monoisotopic (exact) mass is 434 g/mol. The number of esters is 1. The highest BCUT2D eigenvalue weighted by molar-refractivity contribution is 5.90. The molecule has 0 radical (unpaired) electrons. The van der Waals surface area contributed by atoms with Gasteiger partial charge in [-0.1, -0.05) is 71.0 Å². The molecule has 170 valence electrons. The van der Waals surface area contributed by atoms with Crippen molar-refractivity contribution in [3.63, 3.8) is 0 Å². The molecule has 32 heavy (non-hydrogen) atoms. The molecular weight excluding hydrogens is 400 g/mol. The maximum Gasteiger partial charge on any atom is 0.335 e. The van der Waals surface area contributed by atoms with Crippen LogP contribution in [0.3, 0.4) is 0 Å². The van der Waals surface area contributed by atoms with Crippen molar-refractivity contribution in [2.24, 2.45) is 0 Å². The van der Waals surface area contributed by atoms with E-state index in [0.717, 1.165) is 28.7 Å². The predicted octanol–water partition coefficient (Wildman–Crippen LogP) is 6.32. The summed E-state index contributed by atoms with van der Waals surface area (Å²) >= 11 is 0. The van der Waals surface area contributed by atoms with Crippen LogP contribution in [0.2, 0.25) is 0 Å². The first-order valence-corrected chi connectivity index (χ1v) is 11.2. The highest BCUT2D eigenvalue weighted by atomic mass is 16.5. The highest BCUT2D eigenvalue weighted by Crippen LogP contribution is 2.48. The summed E-state index contributed by atoms with van der Waals surface area (Å²) in [5.74, 6) is -1.13. The SMILES string of the molecule is CCc1cc(/C=C/c2cc3c(cc2C)C(C)(C)C(OC(C)=O)CC3(C)C)ccc1C(=O)O. The van der Waals surface area contributed by atoms with E-state index in [4.69, 9.17) is 4.74 Å². The van der Waals surface area contributed by atoms with Gasteiger partial charge in [-0.05, 0) is 64.6 Å². The van der Waals surface area contributed by atoms with Gasteiger partial charge in [0.05, 0.1) is 5.56 Å². The number of carboxylic acids is 1. The number of carboxylic acid groups (broad SMARTS) is 1. The molecule has 0 spiro atoms. The molecule has 2 aromatic carbocycles. The number of aryl methyl sites for hydroxylation is 2. The van der Waals surface area contributed by atoms with E-state index in [-0.39, 0.29) is 22.9 Å². The Hall–Kier alpha value is -2.88. The van der Waals surface area contributed by atoms with Crippen LogP contribution in [0.5, 0.6) is 0 Å². The van der Waals surface area contributed by atoms with Crippen molar-refractivity contribution in [1.82, 2.24) is 0 Å². The summed E-state index contributed by atoms with van der Waals surface area (Å²) in [7, 11) is 0. The Balaban J connectivity index is 2.02. The number of benzene rings is 2. The lowest BCUT2D eigenvalue weighted by Gasteiger charge is -2.47. The predicted molar refractivity (Wildman–Crippen MR) is 129 cm³/mol. The Kier molecular flexibility index (Phi) is 6.37. The van der Waals surface area contributed by atoms with Crippen LogP contribution in [-0.2, 0) is 26.8 Å². The van der Waals surface area contributed by atoms with Gasteiger partial charge in [0.1, 0.15) is 6.10 Å². The van der Waals surface area contributed by atoms with Crippen molar-refractivity contribution in [2.75, 3.05) is 0 Å².